The Morgan fingerprint density at radius 3 is 2.92 bits per heavy atom. The van der Waals surface area contributed by atoms with Crippen molar-refractivity contribution in [2.45, 2.75) is 38.8 Å². The normalized spacial score (nSPS) is 16.6. The van der Waals surface area contributed by atoms with Gasteiger partial charge in [-0.1, -0.05) is 6.92 Å². The molecule has 2 rings (SSSR count). The average molecular weight is 385 g/mol. The molecule has 0 radical (unpaired) electrons. The molecule has 0 bridgehead atoms. The van der Waals surface area contributed by atoms with E-state index in [9.17, 15) is 9.59 Å². The van der Waals surface area contributed by atoms with Gasteiger partial charge in [-0.2, -0.15) is 0 Å². The third-order valence-corrected chi connectivity index (χ3v) is 4.57. The first-order valence-electron chi connectivity index (χ1n) is 8.78. The lowest BCUT2D eigenvalue weighted by molar-refractivity contribution is 0.114. The Morgan fingerprint density at radius 1 is 1.54 bits per heavy atom. The summed E-state index contributed by atoms with van der Waals surface area (Å²) in [5.41, 5.74) is 5.20. The van der Waals surface area contributed by atoms with Gasteiger partial charge in [0.25, 0.3) is 5.56 Å². The monoisotopic (exact) mass is 385 g/mol. The largest absolute Gasteiger partial charge is 0.383 e. The fraction of sp³-hybridized carbons (Fsp3) is 0.688. The minimum Gasteiger partial charge on any atom is -0.383 e. The van der Waals surface area contributed by atoms with E-state index in [0.717, 1.165) is 19.4 Å². The van der Waals surface area contributed by atoms with Crippen molar-refractivity contribution >= 4 is 28.8 Å². The van der Waals surface area contributed by atoms with E-state index < -0.39 is 11.2 Å². The molecule has 1 aliphatic heterocycles. The predicted octanol–water partition coefficient (Wildman–Crippen LogP) is 0.0351. The second-order valence-electron chi connectivity index (χ2n) is 6.11. The molecule has 0 aliphatic carbocycles. The summed E-state index contributed by atoms with van der Waals surface area (Å²) in [6, 6.07) is 0. The third kappa shape index (κ3) is 4.83. The zero-order valence-corrected chi connectivity index (χ0v) is 16.1. The van der Waals surface area contributed by atoms with E-state index in [2.05, 4.69) is 10.3 Å². The number of rotatable bonds is 8. The van der Waals surface area contributed by atoms with Crippen LogP contribution >= 0.6 is 12.2 Å². The van der Waals surface area contributed by atoms with Gasteiger partial charge < -0.3 is 25.4 Å². The number of hydrogen-bond acceptors (Lipinski definition) is 6. The number of nitrogen functional groups attached to an aromatic ring is 1. The second kappa shape index (κ2) is 9.70. The molecule has 1 aliphatic rings. The molecular formula is C16H27N5O4S. The van der Waals surface area contributed by atoms with Crippen LogP contribution in [0, 0.1) is 0 Å². The molecule has 1 aromatic heterocycles. The minimum absolute atomic E-state index is 0.0953. The molecule has 1 atom stereocenters. The maximum absolute atomic E-state index is 12.4. The van der Waals surface area contributed by atoms with Gasteiger partial charge in [-0.15, -0.1) is 0 Å². The highest BCUT2D eigenvalue weighted by atomic mass is 32.1. The lowest BCUT2D eigenvalue weighted by Gasteiger charge is -2.27. The molecule has 0 amide bonds. The van der Waals surface area contributed by atoms with Crippen molar-refractivity contribution in [3.63, 3.8) is 0 Å². The zero-order chi connectivity index (χ0) is 19.1. The highest BCUT2D eigenvalue weighted by Gasteiger charge is 2.23. The summed E-state index contributed by atoms with van der Waals surface area (Å²) in [6.07, 6.45) is 2.80. The molecule has 26 heavy (non-hydrogen) atoms. The summed E-state index contributed by atoms with van der Waals surface area (Å²) in [4.78, 5) is 28.4. The van der Waals surface area contributed by atoms with Crippen molar-refractivity contribution in [3.05, 3.63) is 20.8 Å². The smallest absolute Gasteiger partial charge is 0.330 e. The van der Waals surface area contributed by atoms with Gasteiger partial charge in [-0.05, 0) is 31.5 Å². The van der Waals surface area contributed by atoms with Crippen LogP contribution in [0.4, 0.5) is 11.5 Å². The number of nitrogens with zero attached hydrogens (tertiary/aromatic N) is 2. The number of ether oxygens (including phenoxy) is 2. The van der Waals surface area contributed by atoms with Crippen molar-refractivity contribution in [1.82, 2.24) is 14.9 Å². The van der Waals surface area contributed by atoms with Crippen molar-refractivity contribution in [1.29, 1.82) is 0 Å². The van der Waals surface area contributed by atoms with Gasteiger partial charge in [0.15, 0.2) is 10.8 Å². The molecule has 0 aromatic carbocycles. The molecule has 0 spiro atoms. The number of aromatic nitrogens is 2. The highest BCUT2D eigenvalue weighted by molar-refractivity contribution is 7.80. The van der Waals surface area contributed by atoms with Crippen molar-refractivity contribution in [3.8, 4) is 0 Å². The third-order valence-electron chi connectivity index (χ3n) is 4.20. The van der Waals surface area contributed by atoms with E-state index in [1.54, 1.807) is 12.0 Å². The van der Waals surface area contributed by atoms with Crippen molar-refractivity contribution < 1.29 is 9.47 Å². The Hall–Kier alpha value is -1.91. The van der Waals surface area contributed by atoms with E-state index >= 15 is 0 Å². The lowest BCUT2D eigenvalue weighted by Crippen LogP contribution is -2.48. The predicted molar refractivity (Wildman–Crippen MR) is 105 cm³/mol. The Labute approximate surface area is 157 Å². The van der Waals surface area contributed by atoms with E-state index in [4.69, 9.17) is 27.4 Å². The SMILES string of the molecule is CCCn1c(N)c(N(CCOC)C(=S)NC[C@@H]2CCCO2)c(=O)[nH]c1=O. The zero-order valence-electron chi connectivity index (χ0n) is 15.2. The van der Waals surface area contributed by atoms with Crippen LogP contribution in [0.25, 0.3) is 0 Å². The summed E-state index contributed by atoms with van der Waals surface area (Å²) in [6.45, 7) is 4.30. The van der Waals surface area contributed by atoms with Crippen molar-refractivity contribution in [2.24, 2.45) is 0 Å². The van der Waals surface area contributed by atoms with Crippen LogP contribution in [-0.4, -0.2) is 54.2 Å². The molecule has 1 saturated heterocycles. The topological polar surface area (TPSA) is 115 Å². The number of nitrogens with two attached hydrogens (primary N) is 1. The molecule has 10 heteroatoms. The van der Waals surface area contributed by atoms with Gasteiger partial charge in [0, 0.05) is 33.4 Å². The number of thiocarbonyl (C=S) groups is 1. The molecule has 0 unspecified atom stereocenters. The fourth-order valence-electron chi connectivity index (χ4n) is 2.88. The van der Waals surface area contributed by atoms with Crippen LogP contribution in [0.3, 0.4) is 0 Å². The van der Waals surface area contributed by atoms with Crippen LogP contribution in [0.15, 0.2) is 9.59 Å². The number of anilines is 2. The maximum Gasteiger partial charge on any atom is 0.330 e. The molecule has 146 valence electrons. The van der Waals surface area contributed by atoms with Crippen LogP contribution in [0.1, 0.15) is 26.2 Å². The molecule has 4 N–H and O–H groups in total. The van der Waals surface area contributed by atoms with Gasteiger partial charge in [-0.3, -0.25) is 14.3 Å². The Bertz CT molecular complexity index is 726. The second-order valence-corrected chi connectivity index (χ2v) is 6.50. The quantitative estimate of drug-likeness (QED) is 0.537. The standard InChI is InChI=1S/C16H27N5O4S/c1-3-6-21-13(17)12(14(22)19-15(21)23)20(7-9-24-2)16(26)18-10-11-5-4-8-25-11/h11H,3-10,17H2,1-2H3,(H,18,26)(H,19,22,23)/t11-/m0/s1. The summed E-state index contributed by atoms with van der Waals surface area (Å²) >= 11 is 5.47. The fourth-order valence-corrected chi connectivity index (χ4v) is 3.15. The summed E-state index contributed by atoms with van der Waals surface area (Å²) in [5, 5.41) is 3.48. The Kier molecular flexibility index (Phi) is 7.61. The molecule has 0 saturated carbocycles. The van der Waals surface area contributed by atoms with Crippen LogP contribution < -0.4 is 27.2 Å². The summed E-state index contributed by atoms with van der Waals surface area (Å²) in [7, 11) is 1.56. The van der Waals surface area contributed by atoms with Gasteiger partial charge in [-0.25, -0.2) is 4.79 Å². The van der Waals surface area contributed by atoms with Crippen molar-refractivity contribution in [2.75, 3.05) is 44.0 Å². The molecular weight excluding hydrogens is 358 g/mol. The number of H-pyrrole nitrogens is 1. The van der Waals surface area contributed by atoms with Gasteiger partial charge in [0.05, 0.1) is 12.7 Å². The van der Waals surface area contributed by atoms with Gasteiger partial charge in [0.1, 0.15) is 5.82 Å². The molecule has 2 heterocycles. The lowest BCUT2D eigenvalue weighted by atomic mass is 10.2. The summed E-state index contributed by atoms with van der Waals surface area (Å²) in [5.74, 6) is 0.0953. The minimum atomic E-state index is -0.572. The average Bonchev–Trinajstić information content (AvgIpc) is 3.12. The first kappa shape index (κ1) is 20.4. The number of nitrogens with one attached hydrogen (secondary N) is 2. The Morgan fingerprint density at radius 2 is 2.31 bits per heavy atom. The van der Waals surface area contributed by atoms with E-state index in [1.165, 1.54) is 4.57 Å². The van der Waals surface area contributed by atoms with E-state index in [0.29, 0.717) is 37.8 Å². The van der Waals surface area contributed by atoms with Crippen LogP contribution in [0.5, 0.6) is 0 Å². The summed E-state index contributed by atoms with van der Waals surface area (Å²) < 4.78 is 12.1. The number of methoxy groups -OCH3 is 1. The molecule has 1 aromatic rings. The highest BCUT2D eigenvalue weighted by Crippen LogP contribution is 2.17. The first-order valence-corrected chi connectivity index (χ1v) is 9.18. The van der Waals surface area contributed by atoms with Gasteiger partial charge in [0.2, 0.25) is 0 Å². The van der Waals surface area contributed by atoms with Crippen LogP contribution in [-0.2, 0) is 16.0 Å². The molecule has 9 nitrogen and oxygen atoms in total. The number of aromatic amines is 1. The van der Waals surface area contributed by atoms with Crippen LogP contribution in [0.2, 0.25) is 0 Å². The van der Waals surface area contributed by atoms with E-state index in [1.807, 2.05) is 6.92 Å². The molecule has 1 fully saturated rings. The van der Waals surface area contributed by atoms with Gasteiger partial charge >= 0.3 is 5.69 Å². The first-order chi connectivity index (χ1) is 12.5. The van der Waals surface area contributed by atoms with E-state index in [-0.39, 0.29) is 17.6 Å². The number of hydrogen-bond donors (Lipinski definition) is 3. The maximum atomic E-state index is 12.4. The Balaban J connectivity index is 2.30.